The van der Waals surface area contributed by atoms with Crippen LogP contribution in [0.25, 0.3) is 0 Å². The number of rotatable bonds is 7. The molecule has 1 saturated heterocycles. The van der Waals surface area contributed by atoms with E-state index in [1.54, 1.807) is 32.3 Å². The molecule has 1 heterocycles. The smallest absolute Gasteiger partial charge is 0.329 e. The van der Waals surface area contributed by atoms with Crippen molar-refractivity contribution in [3.63, 3.8) is 0 Å². The number of benzene rings is 2. The van der Waals surface area contributed by atoms with Gasteiger partial charge in [-0.3, -0.25) is 0 Å². The number of nitrogens with zero attached hydrogens (tertiary/aromatic N) is 4. The van der Waals surface area contributed by atoms with E-state index in [4.69, 9.17) is 23.2 Å². The van der Waals surface area contributed by atoms with E-state index in [1.165, 1.54) is 0 Å². The molecule has 10 heteroatoms. The summed E-state index contributed by atoms with van der Waals surface area (Å²) >= 11 is 6.35. The molecule has 0 saturated carbocycles. The lowest BCUT2D eigenvalue weighted by molar-refractivity contribution is -0.781. The average molecular weight is 566 g/mol. The van der Waals surface area contributed by atoms with Gasteiger partial charge in [-0.2, -0.15) is 13.5 Å². The molecule has 0 amide bonds. The number of hydrogen-bond acceptors (Lipinski definition) is 6. The number of quaternary nitrogens is 1. The van der Waals surface area contributed by atoms with Gasteiger partial charge in [0.2, 0.25) is 0 Å². The van der Waals surface area contributed by atoms with Gasteiger partial charge >= 0.3 is 10.0 Å². The summed E-state index contributed by atoms with van der Waals surface area (Å²) in [6.07, 6.45) is 0. The lowest BCUT2D eigenvalue weighted by Gasteiger charge is -2.41. The van der Waals surface area contributed by atoms with Crippen LogP contribution >= 0.6 is 11.6 Å². The number of sulfonamides is 1. The molecule has 0 aromatic heterocycles. The number of amidine groups is 1. The van der Waals surface area contributed by atoms with Gasteiger partial charge in [-0.05, 0) is 68.3 Å². The summed E-state index contributed by atoms with van der Waals surface area (Å²) in [5, 5.41) is 4.30. The molecule has 0 bridgehead atoms. The molecule has 2 unspecified atom stereocenters. The van der Waals surface area contributed by atoms with Gasteiger partial charge in [0.1, 0.15) is 4.90 Å². The van der Waals surface area contributed by atoms with E-state index in [0.29, 0.717) is 23.8 Å². The molecule has 212 valence electrons. The molecule has 1 aliphatic heterocycles. The van der Waals surface area contributed by atoms with E-state index in [2.05, 4.69) is 41.0 Å². The van der Waals surface area contributed by atoms with Crippen molar-refractivity contribution in [3.8, 4) is 0 Å². The second-order valence-corrected chi connectivity index (χ2v) is 13.1. The molecule has 0 aliphatic carbocycles. The van der Waals surface area contributed by atoms with Crippen molar-refractivity contribution < 1.29 is 12.3 Å². The molecule has 2 atom stereocenters. The van der Waals surface area contributed by atoms with Gasteiger partial charge in [-0.15, -0.1) is 0 Å². The molecule has 38 heavy (non-hydrogen) atoms. The average Bonchev–Trinajstić information content (AvgIpc) is 2.87. The second-order valence-electron chi connectivity index (χ2n) is 10.3. The normalized spacial score (nSPS) is 17.0. The minimum atomic E-state index is -3.98. The number of likely N-dealkylation sites (N-methyl/N-ethyl adjacent to an activating group) is 2. The fourth-order valence-electron chi connectivity index (χ4n) is 5.43. The fourth-order valence-corrected chi connectivity index (χ4v) is 7.38. The zero-order valence-electron chi connectivity index (χ0n) is 24.4. The molecular formula is C28H46ClN6O2S+. The minimum absolute atomic E-state index is 0.0893. The predicted molar refractivity (Wildman–Crippen MR) is 160 cm³/mol. The highest BCUT2D eigenvalue weighted by Crippen LogP contribution is 2.39. The summed E-state index contributed by atoms with van der Waals surface area (Å²) in [5.74, 6) is 5.49. The molecule has 4 N–H and O–H groups in total. The van der Waals surface area contributed by atoms with Crippen LogP contribution in [0, 0.1) is 20.8 Å². The maximum atomic E-state index is 14.5. The number of piperazine rings is 1. The number of nitrogens with two attached hydrogens (primary N) is 2. The van der Waals surface area contributed by atoms with Crippen LogP contribution in [0.2, 0.25) is 5.02 Å². The predicted octanol–water partition coefficient (Wildman–Crippen LogP) is 4.21. The van der Waals surface area contributed by atoms with Gasteiger partial charge in [0.25, 0.3) is 0 Å². The highest BCUT2D eigenvalue weighted by atomic mass is 35.5. The van der Waals surface area contributed by atoms with E-state index in [0.717, 1.165) is 35.3 Å². The molecule has 1 aliphatic rings. The van der Waals surface area contributed by atoms with Crippen molar-refractivity contribution in [3.05, 3.63) is 57.6 Å². The Kier molecular flexibility index (Phi) is 10.6. The zero-order chi connectivity index (χ0) is 29.0. The van der Waals surface area contributed by atoms with E-state index in [1.807, 2.05) is 34.6 Å². The fraction of sp³-hybridized carbons (Fsp3) is 0.536. The molecule has 0 radical (unpaired) electrons. The molecule has 2 aromatic carbocycles. The zero-order valence-corrected chi connectivity index (χ0v) is 26.0. The van der Waals surface area contributed by atoms with Crippen LogP contribution in [-0.4, -0.2) is 76.4 Å². The minimum Gasteiger partial charge on any atom is -0.381 e. The highest BCUT2D eigenvalue weighted by Gasteiger charge is 2.49. The van der Waals surface area contributed by atoms with Crippen LogP contribution < -0.4 is 16.5 Å². The van der Waals surface area contributed by atoms with Crippen molar-refractivity contribution >= 4 is 33.1 Å². The summed E-state index contributed by atoms with van der Waals surface area (Å²) in [6.45, 7) is 15.2. The van der Waals surface area contributed by atoms with Crippen LogP contribution in [-0.2, 0) is 10.0 Å². The molecule has 8 nitrogen and oxygen atoms in total. The first-order valence-electron chi connectivity index (χ1n) is 13.2. The number of hydrazone groups is 1. The van der Waals surface area contributed by atoms with Crippen LogP contribution in [0.5, 0.6) is 0 Å². The van der Waals surface area contributed by atoms with Crippen molar-refractivity contribution in [1.82, 2.24) is 4.90 Å². The summed E-state index contributed by atoms with van der Waals surface area (Å²) < 4.78 is 28.5. The van der Waals surface area contributed by atoms with Gasteiger partial charge in [0.05, 0.1) is 19.8 Å². The van der Waals surface area contributed by atoms with Gasteiger partial charge in [0.15, 0.2) is 11.9 Å². The number of hydrogen-bond donors (Lipinski definition) is 2. The van der Waals surface area contributed by atoms with E-state index in [-0.39, 0.29) is 16.6 Å². The van der Waals surface area contributed by atoms with Crippen molar-refractivity contribution in [2.45, 2.75) is 58.4 Å². The largest absolute Gasteiger partial charge is 0.381 e. The topological polar surface area (TPSA) is 105 Å². The van der Waals surface area contributed by atoms with E-state index >= 15 is 0 Å². The highest BCUT2D eigenvalue weighted by molar-refractivity contribution is 7.86. The van der Waals surface area contributed by atoms with Gasteiger partial charge in [-0.25, -0.2) is 3.89 Å². The summed E-state index contributed by atoms with van der Waals surface area (Å²) in [6, 6.07) is 8.37. The van der Waals surface area contributed by atoms with Crippen LogP contribution in [0.3, 0.4) is 0 Å². The Morgan fingerprint density at radius 1 is 1.03 bits per heavy atom. The molecule has 1 fully saturated rings. The quantitative estimate of drug-likeness (QED) is 0.171. The van der Waals surface area contributed by atoms with Crippen LogP contribution in [0.15, 0.2) is 40.3 Å². The van der Waals surface area contributed by atoms with E-state index in [9.17, 15) is 8.42 Å². The Morgan fingerprint density at radius 3 is 2.13 bits per heavy atom. The van der Waals surface area contributed by atoms with Crippen molar-refractivity contribution in [1.29, 1.82) is 0 Å². The summed E-state index contributed by atoms with van der Waals surface area (Å²) in [4.78, 5) is 4.53. The Labute approximate surface area is 234 Å². The SMILES string of the molecule is CC.Cc1ccc(C)c(C(C)C(/C(N)=N/N)[N+](C)(C)S(=O)(=O)c2ccc(Cl)cc2N2CCN(C)CC2)c1C. The van der Waals surface area contributed by atoms with Crippen molar-refractivity contribution in [2.24, 2.45) is 16.7 Å². The third-order valence-electron chi connectivity index (χ3n) is 7.72. The Morgan fingerprint density at radius 2 is 1.58 bits per heavy atom. The number of halogens is 1. The maximum absolute atomic E-state index is 14.5. The molecular weight excluding hydrogens is 520 g/mol. The Hall–Kier alpha value is -2.33. The van der Waals surface area contributed by atoms with E-state index < -0.39 is 20.0 Å². The Bertz CT molecular complexity index is 1250. The third-order valence-corrected chi connectivity index (χ3v) is 10.3. The second kappa shape index (κ2) is 12.7. The first kappa shape index (κ1) is 31.9. The lowest BCUT2D eigenvalue weighted by atomic mass is 9.84. The monoisotopic (exact) mass is 565 g/mol. The maximum Gasteiger partial charge on any atom is 0.329 e. The number of aryl methyl sites for hydroxylation is 2. The Balaban J connectivity index is 0.00000247. The summed E-state index contributed by atoms with van der Waals surface area (Å²) in [5.41, 5.74) is 11.4. The first-order valence-corrected chi connectivity index (χ1v) is 15.0. The lowest BCUT2D eigenvalue weighted by Crippen LogP contribution is -2.60. The summed E-state index contributed by atoms with van der Waals surface area (Å²) in [7, 11) is 1.40. The standard InChI is InChI=1S/C26H40ClN6O2S.C2H6/c1-17-8-9-18(2)24(19(17)3)20(4)25(26(28)30-29)33(6,7)36(34,35)23-11-10-21(27)16-22(23)32-14-12-31(5)13-15-32;1-2/h8-11,16,20,25H,12-15,29H2,1-7H3,(H2,28,30);1-2H3/q+1;. The van der Waals surface area contributed by atoms with Crippen LogP contribution in [0.1, 0.15) is 48.9 Å². The van der Waals surface area contributed by atoms with Crippen molar-refractivity contribution in [2.75, 3.05) is 52.2 Å². The third kappa shape index (κ3) is 6.11. The van der Waals surface area contributed by atoms with Crippen LogP contribution in [0.4, 0.5) is 5.69 Å². The molecule has 3 rings (SSSR count). The van der Waals surface area contributed by atoms with Gasteiger partial charge < -0.3 is 21.4 Å². The molecule has 0 spiro atoms. The van der Waals surface area contributed by atoms with Gasteiger partial charge in [-0.1, -0.05) is 44.5 Å². The number of anilines is 1. The van der Waals surface area contributed by atoms with Gasteiger partial charge in [0, 0.05) is 37.1 Å². The molecule has 2 aromatic rings. The first-order chi connectivity index (χ1) is 17.7.